The second-order valence-corrected chi connectivity index (χ2v) is 5.37. The van der Waals surface area contributed by atoms with Gasteiger partial charge in [-0.2, -0.15) is 0 Å². The second kappa shape index (κ2) is 5.13. The number of hydrogen-bond donors (Lipinski definition) is 0. The minimum absolute atomic E-state index is 0.0258. The number of aromatic nitrogens is 2. The van der Waals surface area contributed by atoms with Gasteiger partial charge in [0.15, 0.2) is 0 Å². The minimum Gasteiger partial charge on any atom is -0.337 e. The van der Waals surface area contributed by atoms with Gasteiger partial charge in [0.05, 0.1) is 16.4 Å². The van der Waals surface area contributed by atoms with E-state index in [9.17, 15) is 4.79 Å². The van der Waals surface area contributed by atoms with E-state index in [2.05, 4.69) is 9.97 Å². The Kier molecular flexibility index (Phi) is 3.34. The molecule has 1 fully saturated rings. The highest BCUT2D eigenvalue weighted by Gasteiger charge is 2.23. The van der Waals surface area contributed by atoms with Gasteiger partial charge in [-0.05, 0) is 31.0 Å². The standard InChI is InChI=1S/C14H14ClN3O/c15-11-2-1-7-18(9-11)14(19)10-3-4-12-13(8-10)17-6-5-16-12/h3-6,8,11H,1-2,7,9H2. The fraction of sp³-hybridized carbons (Fsp3) is 0.357. The van der Waals surface area contributed by atoms with Crippen LogP contribution in [0.3, 0.4) is 0 Å². The molecule has 1 aliphatic rings. The summed E-state index contributed by atoms with van der Waals surface area (Å²) >= 11 is 6.12. The van der Waals surface area contributed by atoms with Gasteiger partial charge in [-0.1, -0.05) is 0 Å². The first-order chi connectivity index (χ1) is 9.24. The molecule has 1 aliphatic heterocycles. The molecular weight excluding hydrogens is 262 g/mol. The molecule has 4 nitrogen and oxygen atoms in total. The van der Waals surface area contributed by atoms with Crippen LogP contribution in [0.5, 0.6) is 0 Å². The largest absolute Gasteiger partial charge is 0.337 e. The van der Waals surface area contributed by atoms with E-state index in [1.807, 2.05) is 11.0 Å². The molecule has 0 saturated carbocycles. The maximum Gasteiger partial charge on any atom is 0.253 e. The van der Waals surface area contributed by atoms with Gasteiger partial charge in [0, 0.05) is 31.0 Å². The van der Waals surface area contributed by atoms with Gasteiger partial charge in [-0.3, -0.25) is 14.8 Å². The fourth-order valence-electron chi connectivity index (χ4n) is 2.39. The van der Waals surface area contributed by atoms with Gasteiger partial charge in [0.25, 0.3) is 5.91 Å². The topological polar surface area (TPSA) is 46.1 Å². The number of hydrogen-bond acceptors (Lipinski definition) is 3. The van der Waals surface area contributed by atoms with Gasteiger partial charge < -0.3 is 4.90 Å². The number of carbonyl (C=O) groups is 1. The molecule has 1 aromatic heterocycles. The summed E-state index contributed by atoms with van der Waals surface area (Å²) in [6.07, 6.45) is 5.22. The Bertz CT molecular complexity index is 616. The first-order valence-corrected chi connectivity index (χ1v) is 6.82. The van der Waals surface area contributed by atoms with Crippen LogP contribution in [0.15, 0.2) is 30.6 Å². The lowest BCUT2D eigenvalue weighted by Crippen LogP contribution is -2.40. The van der Waals surface area contributed by atoms with E-state index in [-0.39, 0.29) is 11.3 Å². The van der Waals surface area contributed by atoms with E-state index in [0.29, 0.717) is 12.1 Å². The number of halogens is 1. The zero-order valence-corrected chi connectivity index (χ0v) is 11.2. The molecule has 19 heavy (non-hydrogen) atoms. The first kappa shape index (κ1) is 12.4. The molecule has 0 aliphatic carbocycles. The van der Waals surface area contributed by atoms with E-state index >= 15 is 0 Å². The molecule has 2 aromatic rings. The average Bonchev–Trinajstić information content (AvgIpc) is 2.46. The van der Waals surface area contributed by atoms with E-state index in [4.69, 9.17) is 11.6 Å². The van der Waals surface area contributed by atoms with Crippen molar-refractivity contribution in [3.05, 3.63) is 36.2 Å². The van der Waals surface area contributed by atoms with E-state index in [0.717, 1.165) is 30.4 Å². The van der Waals surface area contributed by atoms with Crippen molar-refractivity contribution in [3.63, 3.8) is 0 Å². The molecular formula is C14H14ClN3O. The van der Waals surface area contributed by atoms with Crippen molar-refractivity contribution in [1.82, 2.24) is 14.9 Å². The number of rotatable bonds is 1. The van der Waals surface area contributed by atoms with Crippen molar-refractivity contribution in [2.75, 3.05) is 13.1 Å². The maximum atomic E-state index is 12.4. The average molecular weight is 276 g/mol. The summed E-state index contributed by atoms with van der Waals surface area (Å²) in [6.45, 7) is 1.40. The normalized spacial score (nSPS) is 19.6. The van der Waals surface area contributed by atoms with Gasteiger partial charge in [-0.15, -0.1) is 11.6 Å². The molecule has 1 unspecified atom stereocenters. The highest BCUT2D eigenvalue weighted by Crippen LogP contribution is 2.19. The smallest absolute Gasteiger partial charge is 0.253 e. The molecule has 0 bridgehead atoms. The molecule has 0 radical (unpaired) electrons. The van der Waals surface area contributed by atoms with E-state index < -0.39 is 0 Å². The number of likely N-dealkylation sites (tertiary alicyclic amines) is 1. The van der Waals surface area contributed by atoms with E-state index in [1.165, 1.54) is 0 Å². The van der Waals surface area contributed by atoms with Crippen LogP contribution in [-0.4, -0.2) is 39.2 Å². The number of piperidine rings is 1. The maximum absolute atomic E-state index is 12.4. The van der Waals surface area contributed by atoms with Crippen LogP contribution < -0.4 is 0 Å². The summed E-state index contributed by atoms with van der Waals surface area (Å²) in [7, 11) is 0. The molecule has 1 saturated heterocycles. The highest BCUT2D eigenvalue weighted by molar-refractivity contribution is 6.21. The predicted molar refractivity (Wildman–Crippen MR) is 74.3 cm³/mol. The van der Waals surface area contributed by atoms with Crippen molar-refractivity contribution in [3.8, 4) is 0 Å². The Morgan fingerprint density at radius 1 is 1.26 bits per heavy atom. The zero-order chi connectivity index (χ0) is 13.2. The Balaban J connectivity index is 1.88. The van der Waals surface area contributed by atoms with Crippen LogP contribution in [0.1, 0.15) is 23.2 Å². The molecule has 1 aromatic carbocycles. The molecule has 3 rings (SSSR count). The summed E-state index contributed by atoms with van der Waals surface area (Å²) in [5.41, 5.74) is 2.19. The van der Waals surface area contributed by atoms with Crippen molar-refractivity contribution < 1.29 is 4.79 Å². The van der Waals surface area contributed by atoms with Gasteiger partial charge in [-0.25, -0.2) is 0 Å². The predicted octanol–water partition coefficient (Wildman–Crippen LogP) is 2.47. The van der Waals surface area contributed by atoms with Crippen molar-refractivity contribution in [2.45, 2.75) is 18.2 Å². The van der Waals surface area contributed by atoms with Crippen molar-refractivity contribution in [1.29, 1.82) is 0 Å². The Labute approximate surface area is 116 Å². The van der Waals surface area contributed by atoms with Gasteiger partial charge >= 0.3 is 0 Å². The molecule has 0 N–H and O–H groups in total. The Hall–Kier alpha value is -1.68. The lowest BCUT2D eigenvalue weighted by molar-refractivity contribution is 0.0727. The first-order valence-electron chi connectivity index (χ1n) is 6.38. The lowest BCUT2D eigenvalue weighted by atomic mass is 10.1. The number of alkyl halides is 1. The van der Waals surface area contributed by atoms with Crippen LogP contribution in [0.25, 0.3) is 11.0 Å². The third-order valence-electron chi connectivity index (χ3n) is 3.37. The quantitative estimate of drug-likeness (QED) is 0.751. The van der Waals surface area contributed by atoms with Crippen LogP contribution in [-0.2, 0) is 0 Å². The SMILES string of the molecule is O=C(c1ccc2nccnc2c1)N1CCCC(Cl)C1. The van der Waals surface area contributed by atoms with Crippen molar-refractivity contribution >= 4 is 28.5 Å². The molecule has 0 spiro atoms. The third kappa shape index (κ3) is 2.54. The third-order valence-corrected chi connectivity index (χ3v) is 3.72. The molecule has 1 amide bonds. The number of amides is 1. The monoisotopic (exact) mass is 275 g/mol. The summed E-state index contributed by atoms with van der Waals surface area (Å²) < 4.78 is 0. The van der Waals surface area contributed by atoms with Crippen LogP contribution in [0, 0.1) is 0 Å². The van der Waals surface area contributed by atoms with E-state index in [1.54, 1.807) is 24.5 Å². The summed E-state index contributed by atoms with van der Waals surface area (Å²) in [6, 6.07) is 5.43. The lowest BCUT2D eigenvalue weighted by Gasteiger charge is -2.29. The highest BCUT2D eigenvalue weighted by atomic mass is 35.5. The Morgan fingerprint density at radius 2 is 2.05 bits per heavy atom. The summed E-state index contributed by atoms with van der Waals surface area (Å²) in [5.74, 6) is 0.0258. The number of carbonyl (C=O) groups excluding carboxylic acids is 1. The van der Waals surface area contributed by atoms with Crippen molar-refractivity contribution in [2.24, 2.45) is 0 Å². The minimum atomic E-state index is 0.0258. The molecule has 98 valence electrons. The molecule has 2 heterocycles. The molecule has 1 atom stereocenters. The van der Waals surface area contributed by atoms with Gasteiger partial charge in [0.1, 0.15) is 0 Å². The summed E-state index contributed by atoms with van der Waals surface area (Å²) in [5, 5.41) is 0.0675. The number of nitrogens with zero attached hydrogens (tertiary/aromatic N) is 3. The van der Waals surface area contributed by atoms with Crippen LogP contribution in [0.2, 0.25) is 0 Å². The van der Waals surface area contributed by atoms with Crippen LogP contribution >= 0.6 is 11.6 Å². The number of benzene rings is 1. The van der Waals surface area contributed by atoms with Crippen LogP contribution in [0.4, 0.5) is 0 Å². The molecule has 5 heteroatoms. The Morgan fingerprint density at radius 3 is 2.84 bits per heavy atom. The fourth-order valence-corrected chi connectivity index (χ4v) is 2.71. The zero-order valence-electron chi connectivity index (χ0n) is 10.4. The van der Waals surface area contributed by atoms with Gasteiger partial charge in [0.2, 0.25) is 0 Å². The second-order valence-electron chi connectivity index (χ2n) is 4.75. The number of fused-ring (bicyclic) bond motifs is 1. The summed E-state index contributed by atoms with van der Waals surface area (Å²) in [4.78, 5) is 22.6.